The van der Waals surface area contributed by atoms with Gasteiger partial charge in [0.2, 0.25) is 0 Å². The zero-order chi connectivity index (χ0) is 21.1. The molecule has 1 fully saturated rings. The molecular weight excluding hydrogens is 378 g/mol. The molecule has 150 valence electrons. The monoisotopic (exact) mass is 397 g/mol. The van der Waals surface area contributed by atoms with Crippen molar-refractivity contribution in [3.63, 3.8) is 0 Å². The molecule has 2 aromatic rings. The van der Waals surface area contributed by atoms with Crippen molar-refractivity contribution in [2.24, 2.45) is 0 Å². The lowest BCUT2D eigenvalue weighted by molar-refractivity contribution is -0.146. The molecule has 29 heavy (non-hydrogen) atoms. The highest BCUT2D eigenvalue weighted by molar-refractivity contribution is 6.46. The molecule has 0 bridgehead atoms. The maximum Gasteiger partial charge on any atom is 0.323 e. The Morgan fingerprint density at radius 1 is 1.03 bits per heavy atom. The number of hydrogen-bond donors (Lipinski definition) is 2. The van der Waals surface area contributed by atoms with Crippen molar-refractivity contribution in [1.29, 1.82) is 0 Å². The number of Topliss-reactive ketones (excluding diaryl/α,β-unsaturated/α-hetero) is 1. The van der Waals surface area contributed by atoms with Gasteiger partial charge < -0.3 is 24.6 Å². The predicted molar refractivity (Wildman–Crippen MR) is 103 cm³/mol. The molecule has 1 saturated heterocycles. The average Bonchev–Trinajstić information content (AvgIpc) is 2.97. The smallest absolute Gasteiger partial charge is 0.323 e. The van der Waals surface area contributed by atoms with Crippen molar-refractivity contribution in [2.75, 3.05) is 20.8 Å². The van der Waals surface area contributed by atoms with Gasteiger partial charge in [0.25, 0.3) is 11.7 Å². The van der Waals surface area contributed by atoms with E-state index in [1.54, 1.807) is 48.5 Å². The number of aliphatic hydroxyl groups excluding tert-OH is 1. The third-order valence-corrected chi connectivity index (χ3v) is 4.63. The van der Waals surface area contributed by atoms with Crippen LogP contribution in [0.15, 0.2) is 54.1 Å². The first-order chi connectivity index (χ1) is 13.9. The number of nitrogens with zero attached hydrogens (tertiary/aromatic N) is 1. The molecule has 3 rings (SSSR count). The summed E-state index contributed by atoms with van der Waals surface area (Å²) in [6, 6.07) is 11.8. The lowest BCUT2D eigenvalue weighted by Gasteiger charge is -2.25. The van der Waals surface area contributed by atoms with Crippen LogP contribution in [0.1, 0.15) is 17.2 Å². The number of hydrogen-bond acceptors (Lipinski definition) is 6. The number of aliphatic carboxylic acids is 1. The van der Waals surface area contributed by atoms with Crippen LogP contribution in [0.2, 0.25) is 0 Å². The number of likely N-dealkylation sites (tertiary alicyclic amines) is 1. The van der Waals surface area contributed by atoms with Gasteiger partial charge >= 0.3 is 5.97 Å². The third kappa shape index (κ3) is 3.64. The maximum atomic E-state index is 12.8. The quantitative estimate of drug-likeness (QED) is 0.436. The van der Waals surface area contributed by atoms with E-state index in [2.05, 4.69) is 0 Å². The number of methoxy groups -OCH3 is 2. The van der Waals surface area contributed by atoms with E-state index in [-0.39, 0.29) is 17.1 Å². The van der Waals surface area contributed by atoms with Gasteiger partial charge in [0.15, 0.2) is 0 Å². The number of ketones is 1. The molecule has 1 aliphatic rings. The zero-order valence-corrected chi connectivity index (χ0v) is 15.8. The lowest BCUT2D eigenvalue weighted by Crippen LogP contribution is -2.34. The fourth-order valence-corrected chi connectivity index (χ4v) is 3.31. The number of carboxylic acid groups (broad SMARTS) is 1. The molecule has 2 aromatic carbocycles. The summed E-state index contributed by atoms with van der Waals surface area (Å²) in [7, 11) is 2.87. The van der Waals surface area contributed by atoms with Gasteiger partial charge in [-0.3, -0.25) is 14.4 Å². The van der Waals surface area contributed by atoms with Crippen molar-refractivity contribution >= 4 is 23.4 Å². The Bertz CT molecular complexity index is 997. The Morgan fingerprint density at radius 3 is 2.31 bits per heavy atom. The molecule has 8 heteroatoms. The average molecular weight is 397 g/mol. The second-order valence-electron chi connectivity index (χ2n) is 6.29. The third-order valence-electron chi connectivity index (χ3n) is 4.63. The molecule has 1 unspecified atom stereocenters. The highest BCUT2D eigenvalue weighted by atomic mass is 16.5. The standard InChI is InChI=1S/C21H19NO7/c1-28-13-8-9-14(15(10-13)29-2)18-17(19(25)12-6-4-3-5-7-12)20(26)21(27)22(18)11-16(23)24/h3-10,18,25H,11H2,1-2H3,(H,23,24)/b19-17-. The van der Waals surface area contributed by atoms with E-state index < -0.39 is 30.2 Å². The summed E-state index contributed by atoms with van der Waals surface area (Å²) in [6.45, 7) is -0.712. The van der Waals surface area contributed by atoms with Gasteiger partial charge in [-0.1, -0.05) is 30.3 Å². The second-order valence-corrected chi connectivity index (χ2v) is 6.29. The van der Waals surface area contributed by atoms with Crippen molar-refractivity contribution in [2.45, 2.75) is 6.04 Å². The first-order valence-electron chi connectivity index (χ1n) is 8.66. The normalized spacial score (nSPS) is 18.0. The molecular formula is C21H19NO7. The molecule has 1 heterocycles. The van der Waals surface area contributed by atoms with Crippen molar-refractivity contribution in [3.05, 3.63) is 65.2 Å². The fourth-order valence-electron chi connectivity index (χ4n) is 3.31. The molecule has 0 aromatic heterocycles. The van der Waals surface area contributed by atoms with E-state index in [0.717, 1.165) is 4.90 Å². The van der Waals surface area contributed by atoms with E-state index in [9.17, 15) is 24.6 Å². The van der Waals surface area contributed by atoms with Gasteiger partial charge in [0.05, 0.1) is 25.8 Å². The van der Waals surface area contributed by atoms with Crippen LogP contribution >= 0.6 is 0 Å². The SMILES string of the molecule is COc1ccc(C2/C(=C(/O)c3ccccc3)C(=O)C(=O)N2CC(=O)O)c(OC)c1. The summed E-state index contributed by atoms with van der Waals surface area (Å²) in [5, 5.41) is 20.1. The maximum absolute atomic E-state index is 12.8. The largest absolute Gasteiger partial charge is 0.507 e. The molecule has 8 nitrogen and oxygen atoms in total. The number of aliphatic hydroxyl groups is 1. The topological polar surface area (TPSA) is 113 Å². The van der Waals surface area contributed by atoms with Crippen LogP contribution in [0, 0.1) is 0 Å². The van der Waals surface area contributed by atoms with Crippen LogP contribution < -0.4 is 9.47 Å². The first-order valence-corrected chi connectivity index (χ1v) is 8.66. The van der Waals surface area contributed by atoms with Crippen LogP contribution in [0.4, 0.5) is 0 Å². The van der Waals surface area contributed by atoms with E-state index in [1.165, 1.54) is 14.2 Å². The lowest BCUT2D eigenvalue weighted by atomic mass is 9.94. The van der Waals surface area contributed by atoms with Crippen molar-refractivity contribution in [3.8, 4) is 11.5 Å². The van der Waals surface area contributed by atoms with Gasteiger partial charge in [-0.25, -0.2) is 0 Å². The van der Waals surface area contributed by atoms with Gasteiger partial charge in [0, 0.05) is 17.2 Å². The van der Waals surface area contributed by atoms with Crippen LogP contribution in [0.5, 0.6) is 11.5 Å². The van der Waals surface area contributed by atoms with Crippen LogP contribution in [-0.4, -0.2) is 53.5 Å². The number of rotatable bonds is 6. The number of ether oxygens (including phenoxy) is 2. The molecule has 1 atom stereocenters. The molecule has 0 spiro atoms. The minimum Gasteiger partial charge on any atom is -0.507 e. The number of benzene rings is 2. The van der Waals surface area contributed by atoms with Gasteiger partial charge in [-0.05, 0) is 12.1 Å². The molecule has 1 amide bonds. The van der Waals surface area contributed by atoms with Crippen molar-refractivity contribution < 1.29 is 34.1 Å². The summed E-state index contributed by atoms with van der Waals surface area (Å²) in [4.78, 5) is 37.6. The Labute approximate surface area is 166 Å². The minimum absolute atomic E-state index is 0.203. The van der Waals surface area contributed by atoms with E-state index in [0.29, 0.717) is 16.9 Å². The summed E-state index contributed by atoms with van der Waals surface area (Å²) in [5.41, 5.74) is 0.482. The van der Waals surface area contributed by atoms with Crippen molar-refractivity contribution in [1.82, 2.24) is 4.90 Å². The Kier molecular flexibility index (Phi) is 5.54. The predicted octanol–water partition coefficient (Wildman–Crippen LogP) is 2.21. The summed E-state index contributed by atoms with van der Waals surface area (Å²) in [6.07, 6.45) is 0. The van der Waals surface area contributed by atoms with Crippen LogP contribution in [-0.2, 0) is 14.4 Å². The highest BCUT2D eigenvalue weighted by Crippen LogP contribution is 2.43. The van der Waals surface area contributed by atoms with Crippen LogP contribution in [0.3, 0.4) is 0 Å². The number of amides is 1. The van der Waals surface area contributed by atoms with E-state index >= 15 is 0 Å². The Balaban J connectivity index is 2.25. The van der Waals surface area contributed by atoms with E-state index in [4.69, 9.17) is 9.47 Å². The van der Waals surface area contributed by atoms with Gasteiger partial charge in [0.1, 0.15) is 23.8 Å². The molecule has 0 saturated carbocycles. The summed E-state index contributed by atoms with van der Waals surface area (Å²) in [5.74, 6) is -2.89. The fraction of sp³-hybridized carbons (Fsp3) is 0.190. The summed E-state index contributed by atoms with van der Waals surface area (Å²) < 4.78 is 10.5. The molecule has 2 N–H and O–H groups in total. The number of carbonyl (C=O) groups is 3. The second kappa shape index (κ2) is 8.05. The van der Waals surface area contributed by atoms with Gasteiger partial charge in [-0.15, -0.1) is 0 Å². The number of carboxylic acids is 1. The van der Waals surface area contributed by atoms with Gasteiger partial charge in [-0.2, -0.15) is 0 Å². The molecule has 1 aliphatic heterocycles. The van der Waals surface area contributed by atoms with Crippen LogP contribution in [0.25, 0.3) is 5.76 Å². The highest BCUT2D eigenvalue weighted by Gasteiger charge is 2.47. The first kappa shape index (κ1) is 19.9. The Morgan fingerprint density at radius 2 is 1.72 bits per heavy atom. The zero-order valence-electron chi connectivity index (χ0n) is 15.8. The minimum atomic E-state index is -1.29. The molecule has 0 radical (unpaired) electrons. The molecule has 0 aliphatic carbocycles. The Hall–Kier alpha value is -3.81. The van der Waals surface area contributed by atoms with E-state index in [1.807, 2.05) is 0 Å². The summed E-state index contributed by atoms with van der Waals surface area (Å²) >= 11 is 0. The number of carbonyl (C=O) groups excluding carboxylic acids is 2.